The molecule has 0 amide bonds. The zero-order valence-electron chi connectivity index (χ0n) is 33.9. The molecule has 0 fully saturated rings. The molecule has 2 aliphatic rings. The summed E-state index contributed by atoms with van der Waals surface area (Å²) in [6, 6.07) is 65.8. The van der Waals surface area contributed by atoms with Gasteiger partial charge in [-0.05, 0) is 106 Å². The summed E-state index contributed by atoms with van der Waals surface area (Å²) in [7, 11) is 0. The van der Waals surface area contributed by atoms with Crippen molar-refractivity contribution in [3.63, 3.8) is 0 Å². The van der Waals surface area contributed by atoms with Crippen molar-refractivity contribution in [3.05, 3.63) is 221 Å². The molecule has 2 aromatic heterocycles. The normalized spacial score (nSPS) is 13.6. The molecule has 10 aromatic rings. The van der Waals surface area contributed by atoms with Crippen molar-refractivity contribution >= 4 is 82.7 Å². The highest BCUT2D eigenvalue weighted by Crippen LogP contribution is 2.43. The third-order valence-corrected chi connectivity index (χ3v) is 13.8. The van der Waals surface area contributed by atoms with Gasteiger partial charge >= 0.3 is 0 Å². The molecule has 62 heavy (non-hydrogen) atoms. The van der Waals surface area contributed by atoms with Crippen LogP contribution in [0, 0.1) is 11.8 Å². The van der Waals surface area contributed by atoms with Gasteiger partial charge in [-0.3, -0.25) is 0 Å². The second kappa shape index (κ2) is 15.1. The second-order valence-electron chi connectivity index (χ2n) is 16.1. The maximum atomic E-state index is 6.51. The smallest absolute Gasteiger partial charge is 0.142 e. The predicted molar refractivity (Wildman–Crippen MR) is 263 cm³/mol. The van der Waals surface area contributed by atoms with Crippen LogP contribution in [0.2, 0.25) is 0 Å². The molecule has 2 nitrogen and oxygen atoms in total. The molecular formula is C59H39NOS. The molecule has 8 aromatic carbocycles. The van der Waals surface area contributed by atoms with Crippen molar-refractivity contribution < 1.29 is 4.42 Å². The van der Waals surface area contributed by atoms with Gasteiger partial charge in [-0.2, -0.15) is 0 Å². The number of benzene rings is 8. The van der Waals surface area contributed by atoms with Crippen LogP contribution in [-0.2, 0) is 0 Å². The van der Waals surface area contributed by atoms with Gasteiger partial charge in [0.05, 0.1) is 5.69 Å². The van der Waals surface area contributed by atoms with E-state index in [1.807, 2.05) is 17.4 Å². The van der Waals surface area contributed by atoms with E-state index in [2.05, 4.69) is 211 Å². The minimum atomic E-state index is 0.678. The molecule has 0 bridgehead atoms. The van der Waals surface area contributed by atoms with Crippen molar-refractivity contribution in [1.29, 1.82) is 0 Å². The van der Waals surface area contributed by atoms with E-state index in [9.17, 15) is 0 Å². The molecule has 0 unspecified atom stereocenters. The SMILES string of the molecule is C1#CCC(c2ccccc2N(C2=CC=C(c3cccc4c3oc3ccccc34)CC2)c2ccc(-c3cccc(-c4cccc5ccccc45)c3)cc2)=c2sc3ccccc3c2=C1. The van der Waals surface area contributed by atoms with Gasteiger partial charge in [-0.25, -0.2) is 0 Å². The van der Waals surface area contributed by atoms with Crippen molar-refractivity contribution in [2.75, 3.05) is 4.90 Å². The number of anilines is 2. The zero-order chi connectivity index (χ0) is 41.0. The van der Waals surface area contributed by atoms with Crippen molar-refractivity contribution in [1.82, 2.24) is 0 Å². The molecule has 3 heteroatoms. The topological polar surface area (TPSA) is 16.4 Å². The Morgan fingerprint density at radius 3 is 2.15 bits per heavy atom. The molecule has 12 rings (SSSR count). The van der Waals surface area contributed by atoms with Gasteiger partial charge in [0.15, 0.2) is 0 Å². The molecule has 0 radical (unpaired) electrons. The van der Waals surface area contributed by atoms with Crippen LogP contribution in [0.3, 0.4) is 0 Å². The summed E-state index contributed by atoms with van der Waals surface area (Å²) >= 11 is 1.87. The van der Waals surface area contributed by atoms with Gasteiger partial charge in [-0.15, -0.1) is 11.3 Å². The number of fused-ring (bicyclic) bond motifs is 7. The Morgan fingerprint density at radius 1 is 0.532 bits per heavy atom. The number of rotatable bonds is 7. The third-order valence-electron chi connectivity index (χ3n) is 12.5. The number of thiophene rings is 1. The summed E-state index contributed by atoms with van der Waals surface area (Å²) < 4.78 is 9.08. The standard InChI is InChI=1S/C59H39NOS/c1-2-18-46-40(14-1)15-12-24-47(46)43-17-11-16-42(38-43)39-30-34-44(35-31-39)60(45-36-32-41(33-37-45)48-25-13-26-52-50-20-6-9-28-56(50)61-58(48)52)55-27-8-5-19-49(55)53-22-3-4-23-54-51-21-7-10-29-57(51)62-59(53)54/h1-2,5-21,23-32,34-36,38H,22,33,37H2. The fourth-order valence-electron chi connectivity index (χ4n) is 9.56. The second-order valence-corrected chi connectivity index (χ2v) is 17.2. The predicted octanol–water partition coefficient (Wildman–Crippen LogP) is 14.6. The number of hydrogen-bond donors (Lipinski definition) is 0. The summed E-state index contributed by atoms with van der Waals surface area (Å²) in [5.41, 5.74) is 15.2. The molecule has 2 aliphatic carbocycles. The Balaban J connectivity index is 0.993. The Bertz CT molecular complexity index is 3670. The van der Waals surface area contributed by atoms with Crippen LogP contribution >= 0.6 is 11.3 Å². The van der Waals surface area contributed by atoms with Crippen LogP contribution in [0.1, 0.15) is 30.4 Å². The Hall–Kier alpha value is -7.64. The van der Waals surface area contributed by atoms with E-state index < -0.39 is 0 Å². The monoisotopic (exact) mass is 809 g/mol. The van der Waals surface area contributed by atoms with E-state index in [1.54, 1.807) is 0 Å². The quantitative estimate of drug-likeness (QED) is 0.149. The van der Waals surface area contributed by atoms with E-state index >= 15 is 0 Å². The molecule has 0 saturated heterocycles. The number of hydrogen-bond acceptors (Lipinski definition) is 3. The fourth-order valence-corrected chi connectivity index (χ4v) is 10.8. The maximum absolute atomic E-state index is 6.51. The summed E-state index contributed by atoms with van der Waals surface area (Å²) in [6.07, 6.45) is 9.19. The highest BCUT2D eigenvalue weighted by Gasteiger charge is 2.24. The van der Waals surface area contributed by atoms with E-state index in [-0.39, 0.29) is 0 Å². The van der Waals surface area contributed by atoms with E-state index in [0.717, 1.165) is 51.7 Å². The molecule has 0 saturated carbocycles. The third kappa shape index (κ3) is 6.19. The summed E-state index contributed by atoms with van der Waals surface area (Å²) in [4.78, 5) is 2.49. The minimum absolute atomic E-state index is 0.678. The van der Waals surface area contributed by atoms with Gasteiger partial charge in [0.2, 0.25) is 0 Å². The average Bonchev–Trinajstić information content (AvgIpc) is 3.83. The van der Waals surface area contributed by atoms with E-state index in [1.165, 1.54) is 75.3 Å². The highest BCUT2D eigenvalue weighted by atomic mass is 32.1. The first-order valence-corrected chi connectivity index (χ1v) is 22.1. The molecular weight excluding hydrogens is 771 g/mol. The molecule has 0 atom stereocenters. The highest BCUT2D eigenvalue weighted by molar-refractivity contribution is 7.17. The minimum Gasteiger partial charge on any atom is -0.455 e. The van der Waals surface area contributed by atoms with Crippen LogP contribution in [0.15, 0.2) is 204 Å². The van der Waals surface area contributed by atoms with Crippen LogP contribution < -0.4 is 14.7 Å². The number of allylic oxidation sites excluding steroid dienone is 4. The lowest BCUT2D eigenvalue weighted by molar-refractivity contribution is 0.667. The molecule has 292 valence electrons. The molecule has 0 spiro atoms. The van der Waals surface area contributed by atoms with Crippen LogP contribution in [-0.4, -0.2) is 0 Å². The van der Waals surface area contributed by atoms with Crippen LogP contribution in [0.4, 0.5) is 11.4 Å². The summed E-state index contributed by atoms with van der Waals surface area (Å²) in [5, 5.41) is 7.33. The first-order chi connectivity index (χ1) is 30.7. The summed E-state index contributed by atoms with van der Waals surface area (Å²) in [6.45, 7) is 0. The largest absolute Gasteiger partial charge is 0.455 e. The number of nitrogens with zero attached hydrogens (tertiary/aromatic N) is 1. The van der Waals surface area contributed by atoms with Gasteiger partial charge in [0, 0.05) is 59.5 Å². The first kappa shape index (κ1) is 36.2. The zero-order valence-corrected chi connectivity index (χ0v) is 34.8. The fraction of sp³-hybridized carbons (Fsp3) is 0.0508. The van der Waals surface area contributed by atoms with Gasteiger partial charge in [-0.1, -0.05) is 164 Å². The summed E-state index contributed by atoms with van der Waals surface area (Å²) in [5.74, 6) is 6.87. The Labute approximate surface area is 364 Å². The van der Waals surface area contributed by atoms with E-state index in [0.29, 0.717) is 6.42 Å². The lowest BCUT2D eigenvalue weighted by atomic mass is 9.92. The lowest BCUT2D eigenvalue weighted by Gasteiger charge is -2.32. The number of para-hydroxylation sites is 3. The van der Waals surface area contributed by atoms with Gasteiger partial charge < -0.3 is 9.32 Å². The van der Waals surface area contributed by atoms with Crippen LogP contribution in [0.5, 0.6) is 0 Å². The maximum Gasteiger partial charge on any atom is 0.142 e. The van der Waals surface area contributed by atoms with Gasteiger partial charge in [0.25, 0.3) is 0 Å². The van der Waals surface area contributed by atoms with Crippen LogP contribution in [0.25, 0.3) is 82.3 Å². The van der Waals surface area contributed by atoms with Crippen molar-refractivity contribution in [2.45, 2.75) is 19.3 Å². The van der Waals surface area contributed by atoms with E-state index in [4.69, 9.17) is 4.42 Å². The van der Waals surface area contributed by atoms with Crippen molar-refractivity contribution in [2.24, 2.45) is 0 Å². The lowest BCUT2D eigenvalue weighted by Crippen LogP contribution is -2.23. The Morgan fingerprint density at radius 2 is 1.24 bits per heavy atom. The average molecular weight is 810 g/mol. The molecule has 0 N–H and O–H groups in total. The number of furan rings is 1. The molecule has 2 heterocycles. The van der Waals surface area contributed by atoms with Crippen molar-refractivity contribution in [3.8, 4) is 34.1 Å². The van der Waals surface area contributed by atoms with Gasteiger partial charge in [0.1, 0.15) is 11.2 Å². The first-order valence-electron chi connectivity index (χ1n) is 21.3. The molecule has 0 aliphatic heterocycles. The Kier molecular flexibility index (Phi) is 8.84.